The Morgan fingerprint density at radius 2 is 1.64 bits per heavy atom. The molecule has 0 N–H and O–H groups in total. The molecule has 1 aromatic carbocycles. The molecule has 0 saturated carbocycles. The van der Waals surface area contributed by atoms with Crippen LogP contribution in [0, 0.1) is 0 Å². The second-order valence-electron chi connectivity index (χ2n) is 2.68. The zero-order valence-electron chi connectivity index (χ0n) is 6.19. The SMILES string of the molecule is c1ccc(C2CSSC2)cc1. The van der Waals surface area contributed by atoms with E-state index in [0.717, 1.165) is 5.92 Å². The van der Waals surface area contributed by atoms with Crippen molar-refractivity contribution in [2.45, 2.75) is 5.92 Å². The van der Waals surface area contributed by atoms with E-state index in [1.165, 1.54) is 17.1 Å². The first-order valence-electron chi connectivity index (χ1n) is 3.76. The Labute approximate surface area is 75.2 Å². The minimum atomic E-state index is 0.797. The lowest BCUT2D eigenvalue weighted by Gasteiger charge is -2.05. The minimum absolute atomic E-state index is 0.797. The van der Waals surface area contributed by atoms with Crippen LogP contribution in [0.2, 0.25) is 0 Å². The molecule has 0 aromatic heterocycles. The molecule has 1 aromatic rings. The van der Waals surface area contributed by atoms with E-state index in [4.69, 9.17) is 0 Å². The second-order valence-corrected chi connectivity index (χ2v) is 5.23. The Balaban J connectivity index is 2.16. The van der Waals surface area contributed by atoms with Gasteiger partial charge in [0, 0.05) is 17.4 Å². The summed E-state index contributed by atoms with van der Waals surface area (Å²) in [6.07, 6.45) is 0. The van der Waals surface area contributed by atoms with Crippen molar-refractivity contribution in [3.8, 4) is 0 Å². The summed E-state index contributed by atoms with van der Waals surface area (Å²) in [5.41, 5.74) is 1.50. The molecular weight excluding hydrogens is 172 g/mol. The average molecular weight is 182 g/mol. The highest BCUT2D eigenvalue weighted by Crippen LogP contribution is 2.39. The number of hydrogen-bond donors (Lipinski definition) is 0. The number of benzene rings is 1. The molecule has 1 saturated heterocycles. The van der Waals surface area contributed by atoms with E-state index in [1.807, 2.05) is 21.6 Å². The van der Waals surface area contributed by atoms with Crippen LogP contribution in [0.4, 0.5) is 0 Å². The van der Waals surface area contributed by atoms with Gasteiger partial charge in [0.1, 0.15) is 0 Å². The number of hydrogen-bond acceptors (Lipinski definition) is 2. The minimum Gasteiger partial charge on any atom is -0.0935 e. The molecule has 11 heavy (non-hydrogen) atoms. The van der Waals surface area contributed by atoms with Crippen molar-refractivity contribution in [3.63, 3.8) is 0 Å². The molecule has 0 atom stereocenters. The van der Waals surface area contributed by atoms with E-state index < -0.39 is 0 Å². The zero-order chi connectivity index (χ0) is 7.52. The third-order valence-corrected chi connectivity index (χ3v) is 4.45. The van der Waals surface area contributed by atoms with E-state index in [0.29, 0.717) is 0 Å². The Morgan fingerprint density at radius 3 is 2.27 bits per heavy atom. The monoisotopic (exact) mass is 182 g/mol. The summed E-state index contributed by atoms with van der Waals surface area (Å²) in [6, 6.07) is 10.8. The highest BCUT2D eigenvalue weighted by molar-refractivity contribution is 8.77. The third-order valence-electron chi connectivity index (χ3n) is 1.89. The molecule has 1 aliphatic heterocycles. The van der Waals surface area contributed by atoms with Crippen LogP contribution in [0.15, 0.2) is 30.3 Å². The highest BCUT2D eigenvalue weighted by Gasteiger charge is 2.17. The summed E-state index contributed by atoms with van der Waals surface area (Å²) in [5.74, 6) is 3.37. The first-order chi connectivity index (χ1) is 5.47. The Bertz CT molecular complexity index is 214. The van der Waals surface area contributed by atoms with Gasteiger partial charge in [-0.05, 0) is 5.56 Å². The maximum atomic E-state index is 2.23. The average Bonchev–Trinajstić information content (AvgIpc) is 2.58. The molecule has 1 heterocycles. The van der Waals surface area contributed by atoms with Gasteiger partial charge in [-0.1, -0.05) is 51.9 Å². The molecule has 0 nitrogen and oxygen atoms in total. The first-order valence-corrected chi connectivity index (χ1v) is 6.25. The Hall–Kier alpha value is -0.0800. The van der Waals surface area contributed by atoms with Crippen LogP contribution in [0.25, 0.3) is 0 Å². The van der Waals surface area contributed by atoms with Gasteiger partial charge in [0.05, 0.1) is 0 Å². The van der Waals surface area contributed by atoms with Gasteiger partial charge in [0.15, 0.2) is 0 Å². The van der Waals surface area contributed by atoms with Gasteiger partial charge in [-0.15, -0.1) is 0 Å². The van der Waals surface area contributed by atoms with Crippen LogP contribution in [0.3, 0.4) is 0 Å². The molecule has 0 aliphatic carbocycles. The summed E-state index contributed by atoms with van der Waals surface area (Å²) in [4.78, 5) is 0. The largest absolute Gasteiger partial charge is 0.0935 e. The quantitative estimate of drug-likeness (QED) is 0.612. The molecule has 1 fully saturated rings. The molecule has 0 bridgehead atoms. The molecular formula is C9H10S2. The molecule has 58 valence electrons. The molecule has 0 amide bonds. The lowest BCUT2D eigenvalue weighted by molar-refractivity contribution is 0.908. The van der Waals surface area contributed by atoms with E-state index >= 15 is 0 Å². The van der Waals surface area contributed by atoms with Crippen LogP contribution in [0.1, 0.15) is 11.5 Å². The molecule has 1 aliphatic rings. The van der Waals surface area contributed by atoms with Crippen LogP contribution < -0.4 is 0 Å². The molecule has 0 radical (unpaired) electrons. The smallest absolute Gasteiger partial charge is 0.0114 e. The summed E-state index contributed by atoms with van der Waals surface area (Å²) >= 11 is 0. The van der Waals surface area contributed by atoms with E-state index in [9.17, 15) is 0 Å². The van der Waals surface area contributed by atoms with Gasteiger partial charge in [-0.25, -0.2) is 0 Å². The Kier molecular flexibility index (Phi) is 2.44. The molecule has 2 rings (SSSR count). The lowest BCUT2D eigenvalue weighted by Crippen LogP contribution is -1.97. The van der Waals surface area contributed by atoms with Crippen molar-refractivity contribution < 1.29 is 0 Å². The van der Waals surface area contributed by atoms with Crippen LogP contribution >= 0.6 is 21.6 Å². The predicted octanol–water partition coefficient (Wildman–Crippen LogP) is 3.17. The van der Waals surface area contributed by atoms with Gasteiger partial charge in [0.25, 0.3) is 0 Å². The topological polar surface area (TPSA) is 0 Å². The van der Waals surface area contributed by atoms with Gasteiger partial charge in [-0.3, -0.25) is 0 Å². The fourth-order valence-corrected chi connectivity index (χ4v) is 4.08. The van der Waals surface area contributed by atoms with E-state index in [-0.39, 0.29) is 0 Å². The summed E-state index contributed by atoms with van der Waals surface area (Å²) in [7, 11) is 3.99. The lowest BCUT2D eigenvalue weighted by atomic mass is 10.0. The van der Waals surface area contributed by atoms with Crippen molar-refractivity contribution in [2.75, 3.05) is 11.5 Å². The van der Waals surface area contributed by atoms with Crippen molar-refractivity contribution >= 4 is 21.6 Å². The normalized spacial score (nSPS) is 18.9. The Morgan fingerprint density at radius 1 is 1.00 bits per heavy atom. The first kappa shape index (κ1) is 7.56. The summed E-state index contributed by atoms with van der Waals surface area (Å²) in [6.45, 7) is 0. The molecule has 0 spiro atoms. The highest BCUT2D eigenvalue weighted by atomic mass is 33.1. The maximum Gasteiger partial charge on any atom is 0.0114 e. The fourth-order valence-electron chi connectivity index (χ4n) is 1.23. The third kappa shape index (κ3) is 1.74. The van der Waals surface area contributed by atoms with Crippen molar-refractivity contribution in [1.29, 1.82) is 0 Å². The van der Waals surface area contributed by atoms with Crippen LogP contribution in [0.5, 0.6) is 0 Å². The second kappa shape index (κ2) is 3.55. The molecule has 2 heteroatoms. The zero-order valence-corrected chi connectivity index (χ0v) is 7.83. The van der Waals surface area contributed by atoms with Crippen LogP contribution in [-0.2, 0) is 0 Å². The van der Waals surface area contributed by atoms with Gasteiger partial charge < -0.3 is 0 Å². The molecule has 0 unspecified atom stereocenters. The van der Waals surface area contributed by atoms with Crippen molar-refractivity contribution in [3.05, 3.63) is 35.9 Å². The van der Waals surface area contributed by atoms with Gasteiger partial charge >= 0.3 is 0 Å². The van der Waals surface area contributed by atoms with Gasteiger partial charge in [-0.2, -0.15) is 0 Å². The van der Waals surface area contributed by atoms with Crippen molar-refractivity contribution in [2.24, 2.45) is 0 Å². The number of rotatable bonds is 1. The van der Waals surface area contributed by atoms with E-state index in [2.05, 4.69) is 30.3 Å². The fraction of sp³-hybridized carbons (Fsp3) is 0.333. The summed E-state index contributed by atoms with van der Waals surface area (Å²) in [5, 5.41) is 0. The predicted molar refractivity (Wildman–Crippen MR) is 54.1 cm³/mol. The van der Waals surface area contributed by atoms with Crippen LogP contribution in [-0.4, -0.2) is 11.5 Å². The van der Waals surface area contributed by atoms with Gasteiger partial charge in [0.2, 0.25) is 0 Å². The van der Waals surface area contributed by atoms with Crippen molar-refractivity contribution in [1.82, 2.24) is 0 Å². The standard InChI is InChI=1S/C9H10S2/c1-2-4-8(5-3-1)9-6-10-11-7-9/h1-5,9H,6-7H2. The van der Waals surface area contributed by atoms with E-state index in [1.54, 1.807) is 0 Å². The summed E-state index contributed by atoms with van der Waals surface area (Å²) < 4.78 is 0. The maximum absolute atomic E-state index is 2.23.